The van der Waals surface area contributed by atoms with Crippen molar-refractivity contribution < 1.29 is 8.42 Å². The second kappa shape index (κ2) is 9.05. The molecule has 2 atom stereocenters. The first kappa shape index (κ1) is 20.5. The number of aliphatic imine (C=N–C) groups is 1. The fourth-order valence-electron chi connectivity index (χ4n) is 2.38. The van der Waals surface area contributed by atoms with Crippen molar-refractivity contribution in [2.24, 2.45) is 10.9 Å². The van der Waals surface area contributed by atoms with Crippen LogP contribution >= 0.6 is 0 Å². The summed E-state index contributed by atoms with van der Waals surface area (Å²) in [6.45, 7) is 9.77. The summed E-state index contributed by atoms with van der Waals surface area (Å²) in [6, 6.07) is 2.11. The highest BCUT2D eigenvalue weighted by atomic mass is 32.2. The van der Waals surface area contributed by atoms with Gasteiger partial charge in [-0.1, -0.05) is 6.92 Å². The van der Waals surface area contributed by atoms with Gasteiger partial charge in [0.25, 0.3) is 0 Å². The van der Waals surface area contributed by atoms with Crippen LogP contribution < -0.4 is 10.6 Å². The minimum absolute atomic E-state index is 0.0391. The van der Waals surface area contributed by atoms with Crippen molar-refractivity contribution in [2.45, 2.75) is 46.7 Å². The van der Waals surface area contributed by atoms with Crippen LogP contribution in [0, 0.1) is 19.8 Å². The first-order valence-corrected chi connectivity index (χ1v) is 10.3. The lowest BCUT2D eigenvalue weighted by Crippen LogP contribution is -2.44. The molecule has 0 aliphatic rings. The van der Waals surface area contributed by atoms with Crippen molar-refractivity contribution in [3.8, 4) is 0 Å². The highest BCUT2D eigenvalue weighted by molar-refractivity contribution is 7.90. The molecule has 0 spiro atoms. The van der Waals surface area contributed by atoms with Gasteiger partial charge in [0.2, 0.25) is 0 Å². The van der Waals surface area contributed by atoms with Crippen molar-refractivity contribution >= 4 is 15.8 Å². The average Bonchev–Trinajstić information content (AvgIpc) is 2.78. The minimum Gasteiger partial charge on any atom is -0.356 e. The molecule has 2 unspecified atom stereocenters. The van der Waals surface area contributed by atoms with Gasteiger partial charge in [0, 0.05) is 38.1 Å². The van der Waals surface area contributed by atoms with E-state index in [0.717, 1.165) is 24.5 Å². The Hall–Kier alpha value is -1.57. The Morgan fingerprint density at radius 3 is 2.54 bits per heavy atom. The van der Waals surface area contributed by atoms with E-state index < -0.39 is 9.84 Å². The van der Waals surface area contributed by atoms with Gasteiger partial charge in [-0.05, 0) is 39.2 Å². The number of guanidine groups is 1. The molecule has 1 heterocycles. The molecule has 1 rings (SSSR count). The number of aromatic nitrogens is 2. The third-order valence-corrected chi connectivity index (χ3v) is 4.71. The molecular formula is C16H31N5O2S. The van der Waals surface area contributed by atoms with Crippen LogP contribution in [0.15, 0.2) is 11.1 Å². The summed E-state index contributed by atoms with van der Waals surface area (Å²) >= 11 is 0. The molecule has 1 aromatic heterocycles. The Bertz CT molecular complexity index is 651. The molecule has 1 aromatic rings. The predicted molar refractivity (Wildman–Crippen MR) is 99.2 cm³/mol. The third-order valence-electron chi connectivity index (χ3n) is 3.73. The van der Waals surface area contributed by atoms with Crippen molar-refractivity contribution in [2.75, 3.05) is 25.6 Å². The molecule has 0 aliphatic heterocycles. The molecule has 0 radical (unpaired) electrons. The van der Waals surface area contributed by atoms with Gasteiger partial charge in [0.15, 0.2) is 5.96 Å². The van der Waals surface area contributed by atoms with Gasteiger partial charge < -0.3 is 10.6 Å². The van der Waals surface area contributed by atoms with E-state index in [-0.39, 0.29) is 11.8 Å². The second-order valence-electron chi connectivity index (χ2n) is 6.63. The summed E-state index contributed by atoms with van der Waals surface area (Å²) < 4.78 is 24.5. The van der Waals surface area contributed by atoms with Gasteiger partial charge in [-0.25, -0.2) is 8.42 Å². The van der Waals surface area contributed by atoms with Crippen LogP contribution in [0.4, 0.5) is 0 Å². The van der Waals surface area contributed by atoms with Gasteiger partial charge in [0.05, 0.1) is 11.4 Å². The van der Waals surface area contributed by atoms with Crippen molar-refractivity contribution in [1.29, 1.82) is 0 Å². The standard InChI is InChI=1S/C16H31N5O2S/c1-12(11-21-15(4)9-14(3)20-21)10-18-16(17-5)19-13(2)7-8-24(6,22)23/h9,12-13H,7-8,10-11H2,1-6H3,(H2,17,18,19). The lowest BCUT2D eigenvalue weighted by Gasteiger charge is -2.20. The first-order valence-electron chi connectivity index (χ1n) is 8.26. The number of aryl methyl sites for hydroxylation is 2. The molecule has 0 saturated heterocycles. The number of nitrogens with zero attached hydrogens (tertiary/aromatic N) is 3. The summed E-state index contributed by atoms with van der Waals surface area (Å²) in [7, 11) is -1.22. The van der Waals surface area contributed by atoms with Crippen molar-refractivity contribution in [1.82, 2.24) is 20.4 Å². The van der Waals surface area contributed by atoms with Crippen LogP contribution in [0.3, 0.4) is 0 Å². The van der Waals surface area contributed by atoms with Crippen LogP contribution in [0.2, 0.25) is 0 Å². The Balaban J connectivity index is 2.41. The van der Waals surface area contributed by atoms with E-state index in [1.807, 2.05) is 18.5 Å². The largest absolute Gasteiger partial charge is 0.356 e. The fraction of sp³-hybridized carbons (Fsp3) is 0.750. The zero-order valence-electron chi connectivity index (χ0n) is 15.6. The molecule has 2 N–H and O–H groups in total. The van der Waals surface area contributed by atoms with E-state index in [4.69, 9.17) is 0 Å². The molecule has 0 fully saturated rings. The lowest BCUT2D eigenvalue weighted by molar-refractivity contribution is 0.434. The maximum Gasteiger partial charge on any atom is 0.191 e. The Morgan fingerprint density at radius 1 is 1.38 bits per heavy atom. The number of rotatable bonds is 8. The van der Waals surface area contributed by atoms with E-state index in [1.54, 1.807) is 7.05 Å². The Kier molecular flexibility index (Phi) is 7.72. The van der Waals surface area contributed by atoms with E-state index in [0.29, 0.717) is 18.3 Å². The fourth-order valence-corrected chi connectivity index (χ4v) is 3.16. The van der Waals surface area contributed by atoms with Gasteiger partial charge >= 0.3 is 0 Å². The van der Waals surface area contributed by atoms with Gasteiger partial charge in [0.1, 0.15) is 9.84 Å². The van der Waals surface area contributed by atoms with Crippen LogP contribution in [-0.4, -0.2) is 55.8 Å². The molecule has 24 heavy (non-hydrogen) atoms. The number of sulfone groups is 1. The van der Waals surface area contributed by atoms with Crippen LogP contribution in [0.1, 0.15) is 31.7 Å². The predicted octanol–water partition coefficient (Wildman–Crippen LogP) is 1.12. The van der Waals surface area contributed by atoms with E-state index >= 15 is 0 Å². The molecular weight excluding hydrogens is 326 g/mol. The highest BCUT2D eigenvalue weighted by Crippen LogP contribution is 2.05. The smallest absolute Gasteiger partial charge is 0.191 e. The average molecular weight is 358 g/mol. The summed E-state index contributed by atoms with van der Waals surface area (Å²) in [6.07, 6.45) is 1.81. The summed E-state index contributed by atoms with van der Waals surface area (Å²) in [5.41, 5.74) is 2.20. The normalized spacial score (nSPS) is 15.2. The maximum absolute atomic E-state index is 11.2. The van der Waals surface area contributed by atoms with E-state index in [1.165, 1.54) is 6.26 Å². The maximum atomic E-state index is 11.2. The molecule has 7 nitrogen and oxygen atoms in total. The summed E-state index contributed by atoms with van der Waals surface area (Å²) in [4.78, 5) is 4.20. The molecule has 0 aliphatic carbocycles. The Labute approximate surface area is 145 Å². The van der Waals surface area contributed by atoms with Crippen molar-refractivity contribution in [3.05, 3.63) is 17.5 Å². The van der Waals surface area contributed by atoms with Gasteiger partial charge in [-0.2, -0.15) is 5.10 Å². The molecule has 0 aromatic carbocycles. The molecule has 0 saturated carbocycles. The lowest BCUT2D eigenvalue weighted by atomic mass is 10.2. The van der Waals surface area contributed by atoms with Crippen LogP contribution in [-0.2, 0) is 16.4 Å². The minimum atomic E-state index is -2.93. The zero-order chi connectivity index (χ0) is 18.3. The number of nitrogens with one attached hydrogen (secondary N) is 2. The number of hydrogen-bond donors (Lipinski definition) is 2. The molecule has 138 valence electrons. The number of hydrogen-bond acceptors (Lipinski definition) is 4. The SMILES string of the molecule is CN=C(NCC(C)Cn1nc(C)cc1C)NC(C)CCS(C)(=O)=O. The summed E-state index contributed by atoms with van der Waals surface area (Å²) in [5.74, 6) is 1.25. The Morgan fingerprint density at radius 2 is 2.04 bits per heavy atom. The quantitative estimate of drug-likeness (QED) is 0.538. The highest BCUT2D eigenvalue weighted by Gasteiger charge is 2.11. The van der Waals surface area contributed by atoms with Crippen LogP contribution in [0.5, 0.6) is 0 Å². The zero-order valence-corrected chi connectivity index (χ0v) is 16.4. The van der Waals surface area contributed by atoms with Crippen LogP contribution in [0.25, 0.3) is 0 Å². The second-order valence-corrected chi connectivity index (χ2v) is 8.89. The topological polar surface area (TPSA) is 88.4 Å². The molecule has 8 heteroatoms. The van der Waals surface area contributed by atoms with Crippen molar-refractivity contribution in [3.63, 3.8) is 0 Å². The van der Waals surface area contributed by atoms with Gasteiger partial charge in [-0.15, -0.1) is 0 Å². The molecule has 0 bridgehead atoms. The van der Waals surface area contributed by atoms with E-state index in [2.05, 4.69) is 40.6 Å². The van der Waals surface area contributed by atoms with Gasteiger partial charge in [-0.3, -0.25) is 9.67 Å². The molecule has 0 amide bonds. The summed E-state index contributed by atoms with van der Waals surface area (Å²) in [5, 5.41) is 11.0. The van der Waals surface area contributed by atoms with E-state index in [9.17, 15) is 8.42 Å². The monoisotopic (exact) mass is 357 g/mol. The first-order chi connectivity index (χ1) is 11.1. The third kappa shape index (κ3) is 7.81.